The molecule has 0 radical (unpaired) electrons. The first-order valence-electron chi connectivity index (χ1n) is 9.01. The van der Waals surface area contributed by atoms with Crippen LogP contribution in [0.5, 0.6) is 11.5 Å². The van der Waals surface area contributed by atoms with Gasteiger partial charge < -0.3 is 20.1 Å². The molecule has 0 aliphatic carbocycles. The minimum atomic E-state index is -3.94. The monoisotopic (exact) mass is 435 g/mol. The molecule has 0 heterocycles. The van der Waals surface area contributed by atoms with Gasteiger partial charge in [0, 0.05) is 24.4 Å². The van der Waals surface area contributed by atoms with Gasteiger partial charge in [-0.3, -0.25) is 9.59 Å². The van der Waals surface area contributed by atoms with Crippen molar-refractivity contribution in [2.75, 3.05) is 24.9 Å². The molecule has 10 heteroatoms. The third-order valence-corrected chi connectivity index (χ3v) is 5.76. The molecule has 0 bridgehead atoms. The Labute approximate surface area is 175 Å². The Kier molecular flexibility index (Phi) is 7.41. The lowest BCUT2D eigenvalue weighted by atomic mass is 10.1. The molecule has 0 saturated carbocycles. The van der Waals surface area contributed by atoms with Crippen LogP contribution in [0.15, 0.2) is 41.3 Å². The van der Waals surface area contributed by atoms with Gasteiger partial charge in [-0.25, -0.2) is 8.42 Å². The van der Waals surface area contributed by atoms with E-state index < -0.39 is 22.0 Å². The van der Waals surface area contributed by atoms with Gasteiger partial charge in [0.15, 0.2) is 11.5 Å². The van der Waals surface area contributed by atoms with Crippen LogP contribution in [0, 0.1) is 6.92 Å². The van der Waals surface area contributed by atoms with E-state index in [0.717, 1.165) is 5.56 Å². The normalized spacial score (nSPS) is 12.0. The summed E-state index contributed by atoms with van der Waals surface area (Å²) in [4.78, 5) is 23.6. The van der Waals surface area contributed by atoms with E-state index in [9.17, 15) is 18.0 Å². The van der Waals surface area contributed by atoms with Crippen molar-refractivity contribution in [3.05, 3.63) is 42.0 Å². The zero-order valence-electron chi connectivity index (χ0n) is 17.4. The molecule has 0 saturated heterocycles. The summed E-state index contributed by atoms with van der Waals surface area (Å²) in [6, 6.07) is 7.89. The highest BCUT2D eigenvalue weighted by molar-refractivity contribution is 7.89. The first kappa shape index (κ1) is 23.2. The number of sulfonamides is 1. The highest BCUT2D eigenvalue weighted by Crippen LogP contribution is 2.33. The summed E-state index contributed by atoms with van der Waals surface area (Å²) in [7, 11) is -0.956. The molecule has 0 unspecified atom stereocenters. The first-order chi connectivity index (χ1) is 14.1. The Morgan fingerprint density at radius 3 is 2.07 bits per heavy atom. The summed E-state index contributed by atoms with van der Waals surface area (Å²) in [6.45, 7) is 4.57. The van der Waals surface area contributed by atoms with E-state index in [0.29, 0.717) is 22.9 Å². The Balaban J connectivity index is 2.12. The quantitative estimate of drug-likeness (QED) is 0.585. The lowest BCUT2D eigenvalue weighted by Gasteiger charge is -2.17. The number of carbonyl (C=O) groups is 2. The van der Waals surface area contributed by atoms with Crippen molar-refractivity contribution in [2.45, 2.75) is 31.7 Å². The summed E-state index contributed by atoms with van der Waals surface area (Å²) >= 11 is 0. The van der Waals surface area contributed by atoms with Crippen LogP contribution >= 0.6 is 0 Å². The second-order valence-electron chi connectivity index (χ2n) is 6.56. The summed E-state index contributed by atoms with van der Waals surface area (Å²) in [6.07, 6.45) is 0. The average molecular weight is 436 g/mol. The number of anilines is 2. The highest BCUT2D eigenvalue weighted by Gasteiger charge is 2.23. The fourth-order valence-corrected chi connectivity index (χ4v) is 3.83. The number of benzene rings is 2. The molecule has 2 rings (SSSR count). The zero-order valence-corrected chi connectivity index (χ0v) is 18.2. The fraction of sp³-hybridized carbons (Fsp3) is 0.300. The molecule has 0 fully saturated rings. The minimum Gasteiger partial charge on any atom is -0.493 e. The molecular weight excluding hydrogens is 410 g/mol. The molecule has 1 atom stereocenters. The molecule has 2 amide bonds. The number of rotatable bonds is 8. The number of hydrogen-bond donors (Lipinski definition) is 3. The number of methoxy groups -OCH3 is 2. The lowest BCUT2D eigenvalue weighted by Crippen LogP contribution is -2.41. The van der Waals surface area contributed by atoms with Gasteiger partial charge in [-0.15, -0.1) is 0 Å². The minimum absolute atomic E-state index is 0.0291. The Bertz CT molecular complexity index is 1040. The van der Waals surface area contributed by atoms with Crippen molar-refractivity contribution >= 4 is 33.2 Å². The summed E-state index contributed by atoms with van der Waals surface area (Å²) < 4.78 is 37.9. The molecule has 2 aromatic rings. The Morgan fingerprint density at radius 2 is 1.53 bits per heavy atom. The molecule has 0 aliphatic heterocycles. The van der Waals surface area contributed by atoms with Gasteiger partial charge >= 0.3 is 0 Å². The largest absolute Gasteiger partial charge is 0.493 e. The van der Waals surface area contributed by atoms with Crippen LogP contribution in [0.4, 0.5) is 11.4 Å². The van der Waals surface area contributed by atoms with Crippen molar-refractivity contribution in [1.29, 1.82) is 0 Å². The molecule has 0 aromatic heterocycles. The van der Waals surface area contributed by atoms with Gasteiger partial charge in [0.1, 0.15) is 0 Å². The molecular formula is C20H25N3O6S. The van der Waals surface area contributed by atoms with Crippen molar-refractivity contribution in [1.82, 2.24) is 4.72 Å². The van der Waals surface area contributed by atoms with Crippen LogP contribution in [0.25, 0.3) is 0 Å². The van der Waals surface area contributed by atoms with Crippen LogP contribution in [0.3, 0.4) is 0 Å². The van der Waals surface area contributed by atoms with E-state index in [4.69, 9.17) is 9.47 Å². The van der Waals surface area contributed by atoms with Gasteiger partial charge in [0.05, 0.1) is 25.2 Å². The number of nitrogens with one attached hydrogen (secondary N) is 3. The molecule has 0 aliphatic rings. The molecule has 162 valence electrons. The van der Waals surface area contributed by atoms with Crippen molar-refractivity contribution in [3.8, 4) is 11.5 Å². The van der Waals surface area contributed by atoms with Gasteiger partial charge in [-0.2, -0.15) is 4.72 Å². The lowest BCUT2D eigenvalue weighted by molar-refractivity contribution is -0.117. The number of ether oxygens (including phenoxy) is 2. The van der Waals surface area contributed by atoms with Gasteiger partial charge in [0.25, 0.3) is 0 Å². The highest BCUT2D eigenvalue weighted by atomic mass is 32.2. The van der Waals surface area contributed by atoms with E-state index >= 15 is 0 Å². The van der Waals surface area contributed by atoms with Crippen molar-refractivity contribution in [2.24, 2.45) is 0 Å². The SMILES string of the molecule is COc1cc(C)c(NC(=O)[C@H](C)NS(=O)(=O)c2ccc(NC(C)=O)cc2)cc1OC. The number of hydrogen-bond acceptors (Lipinski definition) is 6. The van der Waals surface area contributed by atoms with Crippen LogP contribution in [0.1, 0.15) is 19.4 Å². The third-order valence-electron chi connectivity index (χ3n) is 4.20. The van der Waals surface area contributed by atoms with Gasteiger partial charge in [-0.05, 0) is 49.7 Å². The van der Waals surface area contributed by atoms with Gasteiger partial charge in [-0.1, -0.05) is 0 Å². The van der Waals surface area contributed by atoms with E-state index in [2.05, 4.69) is 15.4 Å². The van der Waals surface area contributed by atoms with Crippen molar-refractivity contribution in [3.63, 3.8) is 0 Å². The second-order valence-corrected chi connectivity index (χ2v) is 8.27. The molecule has 0 spiro atoms. The smallest absolute Gasteiger partial charge is 0.242 e. The fourth-order valence-electron chi connectivity index (χ4n) is 2.63. The van der Waals surface area contributed by atoms with Gasteiger partial charge in [0.2, 0.25) is 21.8 Å². The van der Waals surface area contributed by atoms with Crippen LogP contribution < -0.4 is 24.8 Å². The molecule has 9 nitrogen and oxygen atoms in total. The van der Waals surface area contributed by atoms with E-state index in [1.165, 1.54) is 52.3 Å². The van der Waals surface area contributed by atoms with Crippen LogP contribution in [-0.2, 0) is 19.6 Å². The van der Waals surface area contributed by atoms with E-state index in [1.54, 1.807) is 19.1 Å². The van der Waals surface area contributed by atoms with E-state index in [-0.39, 0.29) is 10.8 Å². The van der Waals surface area contributed by atoms with E-state index in [1.807, 2.05) is 0 Å². The maximum absolute atomic E-state index is 12.6. The first-order valence-corrected chi connectivity index (χ1v) is 10.5. The Morgan fingerprint density at radius 1 is 0.967 bits per heavy atom. The zero-order chi connectivity index (χ0) is 22.5. The predicted octanol–water partition coefficient (Wildman–Crippen LogP) is 2.28. The van der Waals surface area contributed by atoms with Crippen molar-refractivity contribution < 1.29 is 27.5 Å². The third kappa shape index (κ3) is 5.71. The maximum atomic E-state index is 12.6. The number of aryl methyl sites for hydroxylation is 1. The maximum Gasteiger partial charge on any atom is 0.242 e. The molecule has 30 heavy (non-hydrogen) atoms. The summed E-state index contributed by atoms with van der Waals surface area (Å²) in [5.41, 5.74) is 1.67. The van der Waals surface area contributed by atoms with Crippen LogP contribution in [-0.4, -0.2) is 40.5 Å². The van der Waals surface area contributed by atoms with Crippen LogP contribution in [0.2, 0.25) is 0 Å². The Hall–Kier alpha value is -3.11. The topological polar surface area (TPSA) is 123 Å². The number of amides is 2. The molecule has 2 aromatic carbocycles. The summed E-state index contributed by atoms with van der Waals surface area (Å²) in [5.74, 6) is 0.151. The molecule has 3 N–H and O–H groups in total. The average Bonchev–Trinajstić information content (AvgIpc) is 2.68. The second kappa shape index (κ2) is 9.59. The predicted molar refractivity (Wildman–Crippen MR) is 113 cm³/mol. The summed E-state index contributed by atoms with van der Waals surface area (Å²) in [5, 5.41) is 5.25. The number of carbonyl (C=O) groups excluding carboxylic acids is 2. The standard InChI is InChI=1S/C20H25N3O6S/c1-12-10-18(28-4)19(29-5)11-17(12)22-20(25)13(2)23-30(26,27)16-8-6-15(7-9-16)21-14(3)24/h6-11,13,23H,1-5H3,(H,21,24)(H,22,25)/t13-/m0/s1.